The summed E-state index contributed by atoms with van der Waals surface area (Å²) in [4.78, 5) is 21.7. The summed E-state index contributed by atoms with van der Waals surface area (Å²) in [6.45, 7) is 9.98. The maximum Gasteiger partial charge on any atom is 0.253 e. The second kappa shape index (κ2) is 8.72. The molecule has 0 saturated carbocycles. The molecule has 3 rings (SSSR count). The van der Waals surface area contributed by atoms with Gasteiger partial charge in [0.2, 0.25) is 11.1 Å². The number of amides is 1. The average molecular weight is 403 g/mol. The Morgan fingerprint density at radius 3 is 2.71 bits per heavy atom. The van der Waals surface area contributed by atoms with Crippen LogP contribution in [0.3, 0.4) is 0 Å². The number of aryl methyl sites for hydroxylation is 3. The molecule has 0 saturated heterocycles. The van der Waals surface area contributed by atoms with Gasteiger partial charge in [-0.15, -0.1) is 5.10 Å². The fourth-order valence-electron chi connectivity index (χ4n) is 3.04. The van der Waals surface area contributed by atoms with Crippen molar-refractivity contribution in [2.45, 2.75) is 70.7 Å². The van der Waals surface area contributed by atoms with Gasteiger partial charge in [0.25, 0.3) is 5.78 Å². The Bertz CT molecular complexity index is 980. The van der Waals surface area contributed by atoms with Gasteiger partial charge in [-0.2, -0.15) is 4.98 Å². The summed E-state index contributed by atoms with van der Waals surface area (Å²) in [5.41, 5.74) is 3.28. The summed E-state index contributed by atoms with van der Waals surface area (Å²) in [5.74, 6) is 1.48. The highest BCUT2D eigenvalue weighted by Crippen LogP contribution is 2.25. The smallest absolute Gasteiger partial charge is 0.253 e. The van der Waals surface area contributed by atoms with E-state index in [2.05, 4.69) is 32.5 Å². The van der Waals surface area contributed by atoms with Crippen molar-refractivity contribution in [3.63, 3.8) is 0 Å². The first-order chi connectivity index (χ1) is 13.4. The lowest BCUT2D eigenvalue weighted by Gasteiger charge is -2.10. The van der Waals surface area contributed by atoms with Gasteiger partial charge in [0.05, 0.1) is 5.25 Å². The number of rotatable bonds is 8. The Morgan fingerprint density at radius 1 is 1.29 bits per heavy atom. The Balaban J connectivity index is 1.80. The fraction of sp³-hybridized carbons (Fsp3) is 0.526. The van der Waals surface area contributed by atoms with Crippen molar-refractivity contribution in [3.05, 3.63) is 28.8 Å². The van der Waals surface area contributed by atoms with E-state index in [9.17, 15) is 4.79 Å². The number of carbonyl (C=O) groups excluding carboxylic acids is 1. The summed E-state index contributed by atoms with van der Waals surface area (Å²) >= 11 is 1.33. The number of aromatic nitrogens is 5. The zero-order chi connectivity index (χ0) is 20.3. The van der Waals surface area contributed by atoms with E-state index in [-0.39, 0.29) is 11.2 Å². The summed E-state index contributed by atoms with van der Waals surface area (Å²) in [7, 11) is 0. The van der Waals surface area contributed by atoms with Crippen LogP contribution in [-0.4, -0.2) is 35.9 Å². The monoisotopic (exact) mass is 402 g/mol. The molecule has 1 atom stereocenters. The molecule has 8 nitrogen and oxygen atoms in total. The molecular weight excluding hydrogens is 376 g/mol. The number of carbonyl (C=O) groups is 1. The molecule has 0 fully saturated rings. The van der Waals surface area contributed by atoms with Crippen LogP contribution in [-0.2, 0) is 11.2 Å². The van der Waals surface area contributed by atoms with Crippen molar-refractivity contribution >= 4 is 29.3 Å². The summed E-state index contributed by atoms with van der Waals surface area (Å²) in [6.07, 6.45) is 3.87. The second-order valence-corrected chi connectivity index (χ2v) is 7.97. The number of unbranched alkanes of at least 4 members (excludes halogenated alkanes) is 1. The highest BCUT2D eigenvalue weighted by atomic mass is 32.2. The van der Waals surface area contributed by atoms with Crippen LogP contribution < -0.4 is 5.32 Å². The lowest BCUT2D eigenvalue weighted by atomic mass is 10.1. The van der Waals surface area contributed by atoms with Gasteiger partial charge in [-0.05, 0) is 45.6 Å². The number of nitrogens with one attached hydrogen (secondary N) is 1. The zero-order valence-electron chi connectivity index (χ0n) is 16.9. The molecule has 1 unspecified atom stereocenters. The molecule has 0 aliphatic heterocycles. The number of anilines is 1. The maximum atomic E-state index is 12.6. The summed E-state index contributed by atoms with van der Waals surface area (Å²) < 4.78 is 6.78. The summed E-state index contributed by atoms with van der Waals surface area (Å²) in [5, 5.41) is 11.4. The number of thioether (sulfide) groups is 1. The van der Waals surface area contributed by atoms with Crippen LogP contribution in [0.1, 0.15) is 55.8 Å². The number of hydrogen-bond acceptors (Lipinski definition) is 7. The topological polar surface area (TPSA) is 98.2 Å². The van der Waals surface area contributed by atoms with Crippen molar-refractivity contribution in [2.24, 2.45) is 0 Å². The Morgan fingerprint density at radius 2 is 2.07 bits per heavy atom. The van der Waals surface area contributed by atoms with Gasteiger partial charge in [0.15, 0.2) is 5.82 Å². The third kappa shape index (κ3) is 4.35. The predicted molar refractivity (Wildman–Crippen MR) is 109 cm³/mol. The average Bonchev–Trinajstić information content (AvgIpc) is 3.25. The molecule has 0 spiro atoms. The molecule has 0 aromatic carbocycles. The molecule has 0 radical (unpaired) electrons. The molecule has 3 aromatic rings. The lowest BCUT2D eigenvalue weighted by Crippen LogP contribution is -2.24. The van der Waals surface area contributed by atoms with Crippen LogP contribution in [0.5, 0.6) is 0 Å². The molecule has 3 aromatic heterocycles. The van der Waals surface area contributed by atoms with E-state index in [0.717, 1.165) is 30.7 Å². The normalized spacial score (nSPS) is 12.5. The third-order valence-electron chi connectivity index (χ3n) is 4.60. The van der Waals surface area contributed by atoms with Gasteiger partial charge < -0.3 is 9.84 Å². The van der Waals surface area contributed by atoms with Gasteiger partial charge in [0, 0.05) is 17.5 Å². The SMILES string of the molecule is CCCCc1c(C)nc2nc(SC(CC)C(=O)Nc3cc(C)on3)nn2c1C. The first-order valence-corrected chi connectivity index (χ1v) is 10.4. The Labute approximate surface area is 168 Å². The summed E-state index contributed by atoms with van der Waals surface area (Å²) in [6, 6.07) is 1.69. The van der Waals surface area contributed by atoms with Crippen molar-refractivity contribution in [1.82, 2.24) is 24.7 Å². The van der Waals surface area contributed by atoms with Crippen molar-refractivity contribution in [1.29, 1.82) is 0 Å². The molecule has 28 heavy (non-hydrogen) atoms. The minimum Gasteiger partial charge on any atom is -0.360 e. The second-order valence-electron chi connectivity index (χ2n) is 6.80. The van der Waals surface area contributed by atoms with Crippen LogP contribution in [0.15, 0.2) is 15.7 Å². The molecule has 0 bridgehead atoms. The molecule has 3 heterocycles. The maximum absolute atomic E-state index is 12.6. The highest BCUT2D eigenvalue weighted by Gasteiger charge is 2.22. The van der Waals surface area contributed by atoms with E-state index in [4.69, 9.17) is 4.52 Å². The highest BCUT2D eigenvalue weighted by molar-refractivity contribution is 8.00. The minimum atomic E-state index is -0.338. The number of nitrogens with zero attached hydrogens (tertiary/aromatic N) is 5. The quantitative estimate of drug-likeness (QED) is 0.571. The minimum absolute atomic E-state index is 0.149. The molecule has 1 N–H and O–H groups in total. The van der Waals surface area contributed by atoms with Gasteiger partial charge in [-0.1, -0.05) is 37.2 Å². The predicted octanol–water partition coefficient (Wildman–Crippen LogP) is 3.89. The van der Waals surface area contributed by atoms with Crippen LogP contribution in [0, 0.1) is 20.8 Å². The van der Waals surface area contributed by atoms with E-state index in [1.807, 2.05) is 20.8 Å². The Hall–Kier alpha value is -2.42. The Kier molecular flexibility index (Phi) is 6.33. The van der Waals surface area contributed by atoms with Gasteiger partial charge >= 0.3 is 0 Å². The van der Waals surface area contributed by atoms with E-state index >= 15 is 0 Å². The number of hydrogen-bond donors (Lipinski definition) is 1. The first kappa shape index (κ1) is 20.3. The van der Waals surface area contributed by atoms with Crippen LogP contribution >= 0.6 is 11.8 Å². The fourth-order valence-corrected chi connectivity index (χ4v) is 3.89. The van der Waals surface area contributed by atoms with Gasteiger partial charge in [0.1, 0.15) is 5.76 Å². The van der Waals surface area contributed by atoms with Crippen LogP contribution in [0.25, 0.3) is 5.78 Å². The molecular formula is C19H26N6O2S. The van der Waals surface area contributed by atoms with Crippen LogP contribution in [0.2, 0.25) is 0 Å². The molecule has 1 amide bonds. The van der Waals surface area contributed by atoms with Gasteiger partial charge in [-0.25, -0.2) is 9.50 Å². The van der Waals surface area contributed by atoms with Gasteiger partial charge in [-0.3, -0.25) is 4.79 Å². The van der Waals surface area contributed by atoms with E-state index in [1.54, 1.807) is 17.5 Å². The lowest BCUT2D eigenvalue weighted by molar-refractivity contribution is -0.115. The molecule has 150 valence electrons. The van der Waals surface area contributed by atoms with Crippen molar-refractivity contribution in [3.8, 4) is 0 Å². The first-order valence-electron chi connectivity index (χ1n) is 9.56. The third-order valence-corrected chi connectivity index (χ3v) is 5.82. The molecule has 0 aliphatic carbocycles. The molecule has 9 heteroatoms. The largest absolute Gasteiger partial charge is 0.360 e. The zero-order valence-corrected chi connectivity index (χ0v) is 17.8. The standard InChI is InChI=1S/C19H26N6O2S/c1-6-8-9-14-12(4)20-18-22-19(23-25(18)13(14)5)28-15(7-2)17(26)21-16-10-11(3)27-24-16/h10,15H,6-9H2,1-5H3,(H,21,24,26). The van der Waals surface area contributed by atoms with E-state index < -0.39 is 0 Å². The van der Waals surface area contributed by atoms with E-state index in [0.29, 0.717) is 28.9 Å². The van der Waals surface area contributed by atoms with Crippen LogP contribution in [0.4, 0.5) is 5.82 Å². The molecule has 0 aliphatic rings. The number of fused-ring (bicyclic) bond motifs is 1. The van der Waals surface area contributed by atoms with Crippen molar-refractivity contribution < 1.29 is 9.32 Å². The van der Waals surface area contributed by atoms with E-state index in [1.165, 1.54) is 17.3 Å². The van der Waals surface area contributed by atoms with Crippen molar-refractivity contribution in [2.75, 3.05) is 5.32 Å².